The maximum Gasteiger partial charge on any atom is 0.220 e. The predicted molar refractivity (Wildman–Crippen MR) is 83.4 cm³/mol. The van der Waals surface area contributed by atoms with E-state index in [1.54, 1.807) is 12.1 Å². The highest BCUT2D eigenvalue weighted by molar-refractivity contribution is 6.35. The molecule has 0 aromatic heterocycles. The van der Waals surface area contributed by atoms with Crippen LogP contribution < -0.4 is 10.6 Å². The van der Waals surface area contributed by atoms with Gasteiger partial charge in [-0.2, -0.15) is 0 Å². The Bertz CT molecular complexity index is 413. The molecule has 1 amide bonds. The maximum atomic E-state index is 11.7. The third kappa shape index (κ3) is 6.48. The van der Waals surface area contributed by atoms with E-state index in [2.05, 4.69) is 10.6 Å². The lowest BCUT2D eigenvalue weighted by molar-refractivity contribution is -0.121. The lowest BCUT2D eigenvalue weighted by Gasteiger charge is -2.16. The van der Waals surface area contributed by atoms with E-state index in [0.717, 1.165) is 18.5 Å². The van der Waals surface area contributed by atoms with E-state index in [9.17, 15) is 4.79 Å². The molecule has 0 saturated heterocycles. The van der Waals surface area contributed by atoms with Crippen molar-refractivity contribution in [1.29, 1.82) is 0 Å². The van der Waals surface area contributed by atoms with Crippen LogP contribution in [0.3, 0.4) is 0 Å². The summed E-state index contributed by atoms with van der Waals surface area (Å²) in [4.78, 5) is 11.7. The van der Waals surface area contributed by atoms with E-state index >= 15 is 0 Å². The fourth-order valence-corrected chi connectivity index (χ4v) is 2.24. The third-order valence-electron chi connectivity index (χ3n) is 2.64. The number of hydrogen-bond donors (Lipinski definition) is 2. The number of amides is 1. The standard InChI is InChI=1S/C13H18Cl2N2O.ClH/c1-9(17-13(18)4-3-7-16-2)11-6-5-10(14)8-12(11)15;/h5-6,8-9,16H,3-4,7H2,1-2H3,(H,17,18);1H. The third-order valence-corrected chi connectivity index (χ3v) is 3.20. The van der Waals surface area contributed by atoms with Gasteiger partial charge in [0.05, 0.1) is 6.04 Å². The molecule has 108 valence electrons. The zero-order valence-electron chi connectivity index (χ0n) is 11.0. The SMILES string of the molecule is CNCCCC(=O)NC(C)c1ccc(Cl)cc1Cl.Cl. The van der Waals surface area contributed by atoms with Crippen LogP contribution in [0.5, 0.6) is 0 Å². The van der Waals surface area contributed by atoms with Crippen molar-refractivity contribution < 1.29 is 4.79 Å². The van der Waals surface area contributed by atoms with E-state index in [0.29, 0.717) is 16.5 Å². The molecule has 2 N–H and O–H groups in total. The first-order chi connectivity index (χ1) is 8.54. The van der Waals surface area contributed by atoms with Crippen LogP contribution in [0.1, 0.15) is 31.4 Å². The molecule has 1 unspecified atom stereocenters. The summed E-state index contributed by atoms with van der Waals surface area (Å²) in [6.07, 6.45) is 1.33. The summed E-state index contributed by atoms with van der Waals surface area (Å²) in [5.74, 6) is 0.0313. The molecule has 0 aliphatic carbocycles. The molecule has 1 rings (SSSR count). The average Bonchev–Trinajstić information content (AvgIpc) is 2.28. The highest BCUT2D eigenvalue weighted by Crippen LogP contribution is 2.26. The summed E-state index contributed by atoms with van der Waals surface area (Å²) in [7, 11) is 1.87. The molecule has 19 heavy (non-hydrogen) atoms. The molecule has 0 saturated carbocycles. The Morgan fingerprint density at radius 2 is 2.05 bits per heavy atom. The Labute approximate surface area is 130 Å². The van der Waals surface area contributed by atoms with Gasteiger partial charge in [-0.3, -0.25) is 4.79 Å². The lowest BCUT2D eigenvalue weighted by Crippen LogP contribution is -2.27. The van der Waals surface area contributed by atoms with Gasteiger partial charge in [0.2, 0.25) is 5.91 Å². The van der Waals surface area contributed by atoms with E-state index in [-0.39, 0.29) is 24.4 Å². The van der Waals surface area contributed by atoms with Gasteiger partial charge >= 0.3 is 0 Å². The van der Waals surface area contributed by atoms with E-state index < -0.39 is 0 Å². The quantitative estimate of drug-likeness (QED) is 0.785. The molecule has 0 radical (unpaired) electrons. The van der Waals surface area contributed by atoms with E-state index in [1.165, 1.54) is 0 Å². The summed E-state index contributed by atoms with van der Waals surface area (Å²) < 4.78 is 0. The smallest absolute Gasteiger partial charge is 0.220 e. The molecule has 1 aromatic rings. The predicted octanol–water partition coefficient (Wildman–Crippen LogP) is 3.59. The van der Waals surface area contributed by atoms with Crippen LogP contribution in [0.15, 0.2) is 18.2 Å². The minimum absolute atomic E-state index is 0. The number of rotatable bonds is 6. The van der Waals surface area contributed by atoms with Gasteiger partial charge in [-0.15, -0.1) is 12.4 Å². The van der Waals surface area contributed by atoms with Crippen LogP contribution in [0.25, 0.3) is 0 Å². The monoisotopic (exact) mass is 324 g/mol. The fraction of sp³-hybridized carbons (Fsp3) is 0.462. The molecule has 6 heteroatoms. The van der Waals surface area contributed by atoms with Gasteiger partial charge in [-0.1, -0.05) is 29.3 Å². The van der Waals surface area contributed by atoms with Crippen molar-refractivity contribution in [2.24, 2.45) is 0 Å². The Morgan fingerprint density at radius 1 is 1.37 bits per heavy atom. The van der Waals surface area contributed by atoms with Crippen LogP contribution in [0, 0.1) is 0 Å². The van der Waals surface area contributed by atoms with Crippen molar-refractivity contribution in [1.82, 2.24) is 10.6 Å². The summed E-state index contributed by atoms with van der Waals surface area (Å²) in [5, 5.41) is 7.10. The Morgan fingerprint density at radius 3 is 2.63 bits per heavy atom. The van der Waals surface area contributed by atoms with Gasteiger partial charge in [-0.05, 0) is 44.6 Å². The zero-order valence-corrected chi connectivity index (χ0v) is 13.3. The van der Waals surface area contributed by atoms with Crippen molar-refractivity contribution >= 4 is 41.5 Å². The second kappa shape index (κ2) is 9.43. The van der Waals surface area contributed by atoms with Crippen LogP contribution in [-0.4, -0.2) is 19.5 Å². The van der Waals surface area contributed by atoms with Gasteiger partial charge in [0.15, 0.2) is 0 Å². The first-order valence-electron chi connectivity index (χ1n) is 5.93. The minimum Gasteiger partial charge on any atom is -0.350 e. The molecule has 0 spiro atoms. The van der Waals surface area contributed by atoms with Gasteiger partial charge in [0, 0.05) is 16.5 Å². The second-order valence-electron chi connectivity index (χ2n) is 4.16. The molecular weight excluding hydrogens is 307 g/mol. The lowest BCUT2D eigenvalue weighted by atomic mass is 10.1. The molecule has 0 fully saturated rings. The highest BCUT2D eigenvalue weighted by atomic mass is 35.5. The number of carbonyl (C=O) groups excluding carboxylic acids is 1. The maximum absolute atomic E-state index is 11.7. The fourth-order valence-electron chi connectivity index (χ4n) is 1.67. The van der Waals surface area contributed by atoms with Crippen molar-refractivity contribution in [3.8, 4) is 0 Å². The van der Waals surface area contributed by atoms with E-state index in [1.807, 2.05) is 20.0 Å². The van der Waals surface area contributed by atoms with Crippen LogP contribution in [0.4, 0.5) is 0 Å². The molecule has 0 bridgehead atoms. The summed E-state index contributed by atoms with van der Waals surface area (Å²) >= 11 is 11.9. The molecule has 0 aliphatic heterocycles. The minimum atomic E-state index is -0.114. The van der Waals surface area contributed by atoms with Crippen molar-refractivity contribution in [2.45, 2.75) is 25.8 Å². The molecule has 1 atom stereocenters. The number of carbonyl (C=O) groups is 1. The van der Waals surface area contributed by atoms with Crippen molar-refractivity contribution in [3.63, 3.8) is 0 Å². The second-order valence-corrected chi connectivity index (χ2v) is 5.01. The van der Waals surface area contributed by atoms with Crippen molar-refractivity contribution in [2.75, 3.05) is 13.6 Å². The number of halogens is 3. The van der Waals surface area contributed by atoms with Crippen LogP contribution in [0.2, 0.25) is 10.0 Å². The normalized spacial score (nSPS) is 11.6. The van der Waals surface area contributed by atoms with Gasteiger partial charge in [0.1, 0.15) is 0 Å². The van der Waals surface area contributed by atoms with Gasteiger partial charge < -0.3 is 10.6 Å². The highest BCUT2D eigenvalue weighted by Gasteiger charge is 2.12. The summed E-state index contributed by atoms with van der Waals surface area (Å²) in [6.45, 7) is 2.74. The van der Waals surface area contributed by atoms with Gasteiger partial charge in [-0.25, -0.2) is 0 Å². The number of nitrogens with one attached hydrogen (secondary N) is 2. The van der Waals surface area contributed by atoms with Gasteiger partial charge in [0.25, 0.3) is 0 Å². The Balaban J connectivity index is 0.00000324. The molecular formula is C13H19Cl3N2O. The zero-order chi connectivity index (χ0) is 13.5. The molecule has 0 heterocycles. The first kappa shape index (κ1) is 18.5. The summed E-state index contributed by atoms with van der Waals surface area (Å²) in [6, 6.07) is 5.18. The Kier molecular flexibility index (Phi) is 9.19. The van der Waals surface area contributed by atoms with Crippen LogP contribution in [-0.2, 0) is 4.79 Å². The van der Waals surface area contributed by atoms with Crippen molar-refractivity contribution in [3.05, 3.63) is 33.8 Å². The molecule has 0 aliphatic rings. The van der Waals surface area contributed by atoms with E-state index in [4.69, 9.17) is 23.2 Å². The first-order valence-corrected chi connectivity index (χ1v) is 6.69. The molecule has 1 aromatic carbocycles. The topological polar surface area (TPSA) is 41.1 Å². The number of benzene rings is 1. The molecule has 3 nitrogen and oxygen atoms in total. The van der Waals surface area contributed by atoms with Crippen LogP contribution >= 0.6 is 35.6 Å². The average molecular weight is 326 g/mol. The summed E-state index contributed by atoms with van der Waals surface area (Å²) in [5.41, 5.74) is 0.878. The Hall–Kier alpha value is -0.480. The number of hydrogen-bond acceptors (Lipinski definition) is 2. The largest absolute Gasteiger partial charge is 0.350 e.